The topological polar surface area (TPSA) is 20.2 Å². The molecule has 1 nitrogen and oxygen atoms in total. The van der Waals surface area contributed by atoms with Crippen LogP contribution in [0, 0.1) is 0 Å². The number of hydrogen-bond donors (Lipinski definition) is 1. The van der Waals surface area contributed by atoms with E-state index >= 15 is 0 Å². The van der Waals surface area contributed by atoms with Crippen molar-refractivity contribution in [3.63, 3.8) is 0 Å². The maximum atomic E-state index is 9.94. The Morgan fingerprint density at radius 2 is 1.60 bits per heavy atom. The summed E-state index contributed by atoms with van der Waals surface area (Å²) >= 11 is 12.4. The van der Waals surface area contributed by atoms with E-state index in [0.717, 1.165) is 34.6 Å². The molecule has 0 heterocycles. The number of rotatable bonds is 1. The van der Waals surface area contributed by atoms with Crippen LogP contribution in [0.15, 0.2) is 60.7 Å². The third-order valence-corrected chi connectivity index (χ3v) is 5.32. The number of aromatic hydroxyl groups is 1. The maximum absolute atomic E-state index is 9.94. The maximum Gasteiger partial charge on any atom is 0.134 e. The first kappa shape index (κ1) is 16.3. The van der Waals surface area contributed by atoms with E-state index in [0.29, 0.717) is 5.02 Å². The van der Waals surface area contributed by atoms with Gasteiger partial charge in [0.2, 0.25) is 0 Å². The van der Waals surface area contributed by atoms with Crippen LogP contribution in [0.25, 0.3) is 11.6 Å². The van der Waals surface area contributed by atoms with Gasteiger partial charge < -0.3 is 5.11 Å². The third-order valence-electron chi connectivity index (χ3n) is 4.64. The Bertz CT molecular complexity index is 989. The fraction of sp³-hybridized carbons (Fsp3) is 0.0909. The van der Waals surface area contributed by atoms with Gasteiger partial charge in [-0.05, 0) is 70.5 Å². The van der Waals surface area contributed by atoms with Crippen LogP contribution >= 0.6 is 23.2 Å². The number of benzene rings is 3. The lowest BCUT2D eigenvalue weighted by Crippen LogP contribution is -1.93. The monoisotopic (exact) mass is 366 g/mol. The van der Waals surface area contributed by atoms with Gasteiger partial charge in [0, 0.05) is 5.02 Å². The molecule has 0 aliphatic heterocycles. The molecule has 0 bridgehead atoms. The molecule has 3 aromatic carbocycles. The van der Waals surface area contributed by atoms with E-state index < -0.39 is 0 Å². The molecule has 0 fully saturated rings. The number of phenolic OH excluding ortho intramolecular Hbond substituents is 1. The van der Waals surface area contributed by atoms with Gasteiger partial charge in [0.1, 0.15) is 5.75 Å². The van der Waals surface area contributed by atoms with Gasteiger partial charge in [-0.3, -0.25) is 0 Å². The summed E-state index contributed by atoms with van der Waals surface area (Å²) in [4.78, 5) is 0. The van der Waals surface area contributed by atoms with Crippen LogP contribution in [0.4, 0.5) is 0 Å². The smallest absolute Gasteiger partial charge is 0.134 e. The van der Waals surface area contributed by atoms with Crippen molar-refractivity contribution in [1.29, 1.82) is 0 Å². The lowest BCUT2D eigenvalue weighted by Gasteiger charge is -2.13. The van der Waals surface area contributed by atoms with Crippen LogP contribution in [-0.2, 0) is 12.8 Å². The fourth-order valence-electron chi connectivity index (χ4n) is 3.41. The Balaban J connectivity index is 1.98. The van der Waals surface area contributed by atoms with Gasteiger partial charge in [0.25, 0.3) is 0 Å². The van der Waals surface area contributed by atoms with Gasteiger partial charge in [-0.2, -0.15) is 0 Å². The second-order valence-corrected chi connectivity index (χ2v) is 7.01. The summed E-state index contributed by atoms with van der Waals surface area (Å²) in [6.07, 6.45) is 3.96. The Morgan fingerprint density at radius 3 is 2.44 bits per heavy atom. The second kappa shape index (κ2) is 6.59. The highest BCUT2D eigenvalue weighted by Crippen LogP contribution is 2.38. The average Bonchev–Trinajstić information content (AvgIpc) is 2.77. The zero-order valence-corrected chi connectivity index (χ0v) is 15.0. The standard InChI is InChI=1S/C22H16Cl2O/c23-20-7-3-6-17-18(20)10-9-15-4-1-2-5-16(15)19(17)12-14-8-11-21(24)22(25)13-14/h1-8,11-13,25H,9-10H2/b19-12-. The Morgan fingerprint density at radius 1 is 0.800 bits per heavy atom. The van der Waals surface area contributed by atoms with Gasteiger partial charge in [0.05, 0.1) is 5.02 Å². The Hall–Kier alpha value is -2.22. The van der Waals surface area contributed by atoms with E-state index in [2.05, 4.69) is 36.4 Å². The van der Waals surface area contributed by atoms with E-state index in [4.69, 9.17) is 23.2 Å². The summed E-state index contributed by atoms with van der Waals surface area (Å²) in [6, 6.07) is 19.8. The van der Waals surface area contributed by atoms with Crippen LogP contribution in [0.3, 0.4) is 0 Å². The summed E-state index contributed by atoms with van der Waals surface area (Å²) in [5.41, 5.74) is 6.85. The number of phenols is 1. The van der Waals surface area contributed by atoms with Crippen LogP contribution < -0.4 is 0 Å². The van der Waals surface area contributed by atoms with Gasteiger partial charge in [-0.25, -0.2) is 0 Å². The molecule has 0 spiro atoms. The SMILES string of the molecule is Oc1cc(/C=C2/c3ccccc3CCc3c(Cl)cccc32)ccc1Cl. The van der Waals surface area contributed by atoms with Crippen molar-refractivity contribution in [2.45, 2.75) is 12.8 Å². The zero-order chi connectivity index (χ0) is 17.4. The first-order chi connectivity index (χ1) is 12.1. The van der Waals surface area contributed by atoms with E-state index in [9.17, 15) is 5.11 Å². The van der Waals surface area contributed by atoms with Crippen molar-refractivity contribution in [3.05, 3.63) is 98.5 Å². The lowest BCUT2D eigenvalue weighted by atomic mass is 9.92. The van der Waals surface area contributed by atoms with Crippen molar-refractivity contribution in [2.24, 2.45) is 0 Å². The first-order valence-corrected chi connectivity index (χ1v) is 8.95. The summed E-state index contributed by atoms with van der Waals surface area (Å²) in [7, 11) is 0. The summed E-state index contributed by atoms with van der Waals surface area (Å²) in [5, 5.41) is 11.1. The van der Waals surface area contributed by atoms with E-state index in [1.807, 2.05) is 18.2 Å². The molecule has 0 aromatic heterocycles. The van der Waals surface area contributed by atoms with Crippen molar-refractivity contribution < 1.29 is 5.11 Å². The highest BCUT2D eigenvalue weighted by Gasteiger charge is 2.19. The molecule has 4 rings (SSSR count). The van der Waals surface area contributed by atoms with Gasteiger partial charge in [-0.1, -0.05) is 65.7 Å². The van der Waals surface area contributed by atoms with Crippen LogP contribution in [0.1, 0.15) is 27.8 Å². The van der Waals surface area contributed by atoms with Crippen LogP contribution in [0.5, 0.6) is 5.75 Å². The molecule has 3 aromatic rings. The van der Waals surface area contributed by atoms with Crippen molar-refractivity contribution in [1.82, 2.24) is 0 Å². The molecule has 0 amide bonds. The first-order valence-electron chi connectivity index (χ1n) is 8.20. The predicted molar refractivity (Wildman–Crippen MR) is 105 cm³/mol. The molecule has 0 atom stereocenters. The van der Waals surface area contributed by atoms with E-state index in [1.54, 1.807) is 12.1 Å². The molecular formula is C22H16Cl2O. The minimum atomic E-state index is 0.0873. The molecule has 0 radical (unpaired) electrons. The number of fused-ring (bicyclic) bond motifs is 2. The molecule has 0 unspecified atom stereocenters. The minimum Gasteiger partial charge on any atom is -0.506 e. The molecule has 25 heavy (non-hydrogen) atoms. The molecule has 1 aliphatic carbocycles. The molecular weight excluding hydrogens is 351 g/mol. The van der Waals surface area contributed by atoms with Gasteiger partial charge in [-0.15, -0.1) is 0 Å². The quantitative estimate of drug-likeness (QED) is 0.529. The van der Waals surface area contributed by atoms with Gasteiger partial charge >= 0.3 is 0 Å². The van der Waals surface area contributed by atoms with Crippen LogP contribution in [-0.4, -0.2) is 5.11 Å². The number of aryl methyl sites for hydroxylation is 1. The third kappa shape index (κ3) is 3.06. The molecule has 1 N–H and O–H groups in total. The summed E-state index contributed by atoms with van der Waals surface area (Å²) in [5.74, 6) is 0.0873. The summed E-state index contributed by atoms with van der Waals surface area (Å²) in [6.45, 7) is 0. The minimum absolute atomic E-state index is 0.0873. The van der Waals surface area contributed by atoms with Gasteiger partial charge in [0.15, 0.2) is 0 Å². The lowest BCUT2D eigenvalue weighted by molar-refractivity contribution is 0.475. The number of hydrogen-bond acceptors (Lipinski definition) is 1. The molecule has 1 aliphatic rings. The molecule has 0 saturated carbocycles. The average molecular weight is 367 g/mol. The Kier molecular flexibility index (Phi) is 4.29. The molecule has 0 saturated heterocycles. The highest BCUT2D eigenvalue weighted by molar-refractivity contribution is 6.32. The largest absolute Gasteiger partial charge is 0.506 e. The molecule has 3 heteroatoms. The van der Waals surface area contributed by atoms with E-state index in [1.165, 1.54) is 16.7 Å². The zero-order valence-electron chi connectivity index (χ0n) is 13.5. The Labute approximate surface area is 157 Å². The van der Waals surface area contributed by atoms with Crippen molar-refractivity contribution >= 4 is 34.9 Å². The molecule has 124 valence electrons. The second-order valence-electron chi connectivity index (χ2n) is 6.19. The fourth-order valence-corrected chi connectivity index (χ4v) is 3.80. The van der Waals surface area contributed by atoms with Crippen LogP contribution in [0.2, 0.25) is 10.0 Å². The summed E-state index contributed by atoms with van der Waals surface area (Å²) < 4.78 is 0. The number of halogens is 2. The van der Waals surface area contributed by atoms with Crippen molar-refractivity contribution in [3.8, 4) is 5.75 Å². The normalized spacial score (nSPS) is 14.7. The highest BCUT2D eigenvalue weighted by atomic mass is 35.5. The van der Waals surface area contributed by atoms with Crippen molar-refractivity contribution in [2.75, 3.05) is 0 Å². The predicted octanol–water partition coefficient (Wildman–Crippen LogP) is 6.39. The van der Waals surface area contributed by atoms with E-state index in [-0.39, 0.29) is 5.75 Å².